The van der Waals surface area contributed by atoms with Crippen LogP contribution in [0.3, 0.4) is 0 Å². The molecule has 0 spiro atoms. The van der Waals surface area contributed by atoms with Crippen LogP contribution in [0.2, 0.25) is 0 Å². The van der Waals surface area contributed by atoms with E-state index in [9.17, 15) is 4.79 Å². The molecule has 7 nitrogen and oxygen atoms in total. The van der Waals surface area contributed by atoms with E-state index in [1.165, 1.54) is 4.68 Å². The zero-order valence-electron chi connectivity index (χ0n) is 19.8. The quantitative estimate of drug-likeness (QED) is 0.417. The Bertz CT molecular complexity index is 1340. The highest BCUT2D eigenvalue weighted by Crippen LogP contribution is 2.35. The normalized spacial score (nSPS) is 11.3. The summed E-state index contributed by atoms with van der Waals surface area (Å²) in [6.07, 6.45) is 3.86. The molecule has 0 aliphatic rings. The molecule has 2 aromatic carbocycles. The average molecular weight is 447 g/mol. The molecule has 2 aromatic heterocycles. The summed E-state index contributed by atoms with van der Waals surface area (Å²) in [7, 11) is 3.36. The van der Waals surface area contributed by atoms with Crippen molar-refractivity contribution in [2.24, 2.45) is 7.05 Å². The zero-order valence-corrected chi connectivity index (χ0v) is 19.8. The van der Waals surface area contributed by atoms with Crippen molar-refractivity contribution in [1.82, 2.24) is 14.3 Å². The summed E-state index contributed by atoms with van der Waals surface area (Å²) < 4.78 is 14.7. The zero-order chi connectivity index (χ0) is 23.5. The van der Waals surface area contributed by atoms with E-state index >= 15 is 0 Å². The standard InChI is InChI=1S/C26H30N4O3/c1-17(2)33-21-8-6-7-19(13-21)23-14-20(28-24-16-27-29(4)26(31)18(24)3)15-25-22(23)9-10-30(25)11-12-32-5/h6-10,13-17,28H,11-12H2,1-5H3. The molecular weight excluding hydrogens is 416 g/mol. The van der Waals surface area contributed by atoms with Crippen molar-refractivity contribution in [3.05, 3.63) is 70.8 Å². The number of rotatable bonds is 8. The lowest BCUT2D eigenvalue weighted by Gasteiger charge is -2.15. The lowest BCUT2D eigenvalue weighted by atomic mass is 10.0. The number of aryl methyl sites for hydroxylation is 1. The van der Waals surface area contributed by atoms with Crippen LogP contribution in [0.4, 0.5) is 11.4 Å². The lowest BCUT2D eigenvalue weighted by Crippen LogP contribution is -2.22. The highest BCUT2D eigenvalue weighted by Gasteiger charge is 2.13. The molecule has 0 aliphatic carbocycles. The molecule has 0 unspecified atom stereocenters. The molecule has 33 heavy (non-hydrogen) atoms. The van der Waals surface area contributed by atoms with Gasteiger partial charge in [0.2, 0.25) is 0 Å². The number of nitrogens with zero attached hydrogens (tertiary/aromatic N) is 3. The van der Waals surface area contributed by atoms with Gasteiger partial charge in [0.15, 0.2) is 0 Å². The molecular formula is C26H30N4O3. The Morgan fingerprint density at radius 2 is 1.97 bits per heavy atom. The number of nitrogens with one attached hydrogen (secondary N) is 1. The number of ether oxygens (including phenoxy) is 2. The molecule has 0 bridgehead atoms. The summed E-state index contributed by atoms with van der Waals surface area (Å²) in [6.45, 7) is 7.20. The molecule has 1 N–H and O–H groups in total. The smallest absolute Gasteiger partial charge is 0.271 e. The third-order valence-corrected chi connectivity index (χ3v) is 5.60. The van der Waals surface area contributed by atoms with Gasteiger partial charge in [0.05, 0.1) is 30.1 Å². The van der Waals surface area contributed by atoms with E-state index < -0.39 is 0 Å². The second-order valence-corrected chi connectivity index (χ2v) is 8.39. The van der Waals surface area contributed by atoms with E-state index in [4.69, 9.17) is 9.47 Å². The van der Waals surface area contributed by atoms with Crippen molar-refractivity contribution < 1.29 is 9.47 Å². The van der Waals surface area contributed by atoms with Gasteiger partial charge in [-0.15, -0.1) is 0 Å². The Balaban J connectivity index is 1.85. The Kier molecular flexibility index (Phi) is 6.51. The van der Waals surface area contributed by atoms with Crippen LogP contribution in [0, 0.1) is 6.92 Å². The summed E-state index contributed by atoms with van der Waals surface area (Å²) >= 11 is 0. The summed E-state index contributed by atoms with van der Waals surface area (Å²) in [5.74, 6) is 0.833. The number of fused-ring (bicyclic) bond motifs is 1. The minimum atomic E-state index is -0.122. The minimum Gasteiger partial charge on any atom is -0.491 e. The first kappa shape index (κ1) is 22.6. The van der Waals surface area contributed by atoms with Crippen LogP contribution < -0.4 is 15.6 Å². The monoisotopic (exact) mass is 446 g/mol. The minimum absolute atomic E-state index is 0.0968. The molecule has 2 heterocycles. The van der Waals surface area contributed by atoms with Crippen LogP contribution in [-0.2, 0) is 18.3 Å². The van der Waals surface area contributed by atoms with Gasteiger partial charge in [0.1, 0.15) is 5.75 Å². The first-order valence-electron chi connectivity index (χ1n) is 11.1. The third-order valence-electron chi connectivity index (χ3n) is 5.60. The molecule has 4 aromatic rings. The van der Waals surface area contributed by atoms with E-state index in [-0.39, 0.29) is 11.7 Å². The number of methoxy groups -OCH3 is 1. The fourth-order valence-electron chi connectivity index (χ4n) is 3.93. The molecule has 0 atom stereocenters. The number of aromatic nitrogens is 3. The fourth-order valence-corrected chi connectivity index (χ4v) is 3.93. The van der Waals surface area contributed by atoms with E-state index in [1.54, 1.807) is 27.3 Å². The maximum Gasteiger partial charge on any atom is 0.271 e. The van der Waals surface area contributed by atoms with Crippen LogP contribution in [0.1, 0.15) is 19.4 Å². The predicted molar refractivity (Wildman–Crippen MR) is 133 cm³/mol. The first-order valence-corrected chi connectivity index (χ1v) is 11.1. The summed E-state index contributed by atoms with van der Waals surface area (Å²) in [6, 6.07) is 14.5. The van der Waals surface area contributed by atoms with Crippen molar-refractivity contribution in [3.8, 4) is 16.9 Å². The van der Waals surface area contributed by atoms with Gasteiger partial charge in [0, 0.05) is 43.5 Å². The molecule has 0 aliphatic heterocycles. The Labute approximate surface area is 193 Å². The van der Waals surface area contributed by atoms with Gasteiger partial charge >= 0.3 is 0 Å². The number of anilines is 2. The van der Waals surface area contributed by atoms with Gasteiger partial charge in [0.25, 0.3) is 5.56 Å². The Morgan fingerprint density at radius 1 is 1.15 bits per heavy atom. The van der Waals surface area contributed by atoms with Crippen molar-refractivity contribution in [2.45, 2.75) is 33.4 Å². The topological polar surface area (TPSA) is 70.3 Å². The molecule has 0 radical (unpaired) electrons. The SMILES string of the molecule is COCCn1ccc2c(-c3cccc(OC(C)C)c3)cc(Nc3cnn(C)c(=O)c3C)cc21. The number of hydrogen-bond donors (Lipinski definition) is 1. The van der Waals surface area contributed by atoms with E-state index in [1.807, 2.05) is 26.0 Å². The number of benzene rings is 2. The van der Waals surface area contributed by atoms with Gasteiger partial charge in [-0.05, 0) is 62.2 Å². The molecule has 0 saturated carbocycles. The summed E-state index contributed by atoms with van der Waals surface area (Å²) in [5.41, 5.74) is 5.29. The summed E-state index contributed by atoms with van der Waals surface area (Å²) in [4.78, 5) is 12.4. The van der Waals surface area contributed by atoms with Crippen LogP contribution in [0.25, 0.3) is 22.0 Å². The predicted octanol–water partition coefficient (Wildman–Crippen LogP) is 4.89. The molecule has 4 rings (SSSR count). The van der Waals surface area contributed by atoms with Gasteiger partial charge < -0.3 is 19.4 Å². The van der Waals surface area contributed by atoms with Gasteiger partial charge in [-0.3, -0.25) is 4.79 Å². The van der Waals surface area contributed by atoms with E-state index in [2.05, 4.69) is 51.5 Å². The Hall–Kier alpha value is -3.58. The second kappa shape index (κ2) is 9.50. The molecule has 0 saturated heterocycles. The highest BCUT2D eigenvalue weighted by atomic mass is 16.5. The van der Waals surface area contributed by atoms with Crippen molar-refractivity contribution in [1.29, 1.82) is 0 Å². The Morgan fingerprint density at radius 3 is 2.73 bits per heavy atom. The maximum atomic E-state index is 12.4. The largest absolute Gasteiger partial charge is 0.491 e. The molecule has 0 fully saturated rings. The van der Waals surface area contributed by atoms with Crippen LogP contribution in [-0.4, -0.2) is 34.2 Å². The molecule has 0 amide bonds. The average Bonchev–Trinajstić information content (AvgIpc) is 3.20. The second-order valence-electron chi connectivity index (χ2n) is 8.39. The highest BCUT2D eigenvalue weighted by molar-refractivity contribution is 5.99. The van der Waals surface area contributed by atoms with E-state index in [0.717, 1.165) is 40.0 Å². The van der Waals surface area contributed by atoms with E-state index in [0.29, 0.717) is 17.9 Å². The van der Waals surface area contributed by atoms with Gasteiger partial charge in [-0.25, -0.2) is 4.68 Å². The van der Waals surface area contributed by atoms with Crippen LogP contribution in [0.5, 0.6) is 5.75 Å². The summed E-state index contributed by atoms with van der Waals surface area (Å²) in [5, 5.41) is 8.72. The van der Waals surface area contributed by atoms with Gasteiger partial charge in [-0.1, -0.05) is 12.1 Å². The third kappa shape index (κ3) is 4.78. The van der Waals surface area contributed by atoms with Crippen LogP contribution >= 0.6 is 0 Å². The molecule has 7 heteroatoms. The maximum absolute atomic E-state index is 12.4. The lowest BCUT2D eigenvalue weighted by molar-refractivity contribution is 0.188. The van der Waals surface area contributed by atoms with Crippen molar-refractivity contribution in [3.63, 3.8) is 0 Å². The van der Waals surface area contributed by atoms with Gasteiger partial charge in [-0.2, -0.15) is 5.10 Å². The van der Waals surface area contributed by atoms with Crippen molar-refractivity contribution in [2.75, 3.05) is 19.0 Å². The fraction of sp³-hybridized carbons (Fsp3) is 0.308. The number of hydrogen-bond acceptors (Lipinski definition) is 5. The van der Waals surface area contributed by atoms with Crippen molar-refractivity contribution >= 4 is 22.3 Å². The van der Waals surface area contributed by atoms with Crippen LogP contribution in [0.15, 0.2) is 59.7 Å². The molecule has 172 valence electrons. The first-order chi connectivity index (χ1) is 15.9.